The number of carbonyl (C=O) groups excluding carboxylic acids is 1. The van der Waals surface area contributed by atoms with E-state index in [9.17, 15) is 14.7 Å². The molecular weight excluding hydrogens is 282 g/mol. The molecule has 3 N–H and O–H groups in total. The Hall–Kier alpha value is -1.67. The van der Waals surface area contributed by atoms with Crippen LogP contribution in [-0.4, -0.2) is 40.8 Å². The summed E-state index contributed by atoms with van der Waals surface area (Å²) in [4.78, 5) is 28.4. The molecule has 1 aromatic rings. The number of hydrogen-bond donors (Lipinski definition) is 3. The maximum absolute atomic E-state index is 11.9. The third-order valence-corrected chi connectivity index (χ3v) is 4.09. The van der Waals surface area contributed by atoms with Gasteiger partial charge in [0.05, 0.1) is 6.54 Å². The molecule has 8 heteroatoms. The van der Waals surface area contributed by atoms with E-state index in [0.29, 0.717) is 13.2 Å². The molecule has 1 fully saturated rings. The lowest BCUT2D eigenvalue weighted by atomic mass is 9.90. The summed E-state index contributed by atoms with van der Waals surface area (Å²) in [5, 5.41) is 15.3. The van der Waals surface area contributed by atoms with Crippen molar-refractivity contribution in [2.24, 2.45) is 0 Å². The minimum absolute atomic E-state index is 0.270. The summed E-state index contributed by atoms with van der Waals surface area (Å²) in [6.45, 7) is 2.88. The Morgan fingerprint density at radius 1 is 1.50 bits per heavy atom. The first kappa shape index (κ1) is 14.7. The molecule has 0 atom stereocenters. The van der Waals surface area contributed by atoms with E-state index in [1.807, 2.05) is 6.92 Å². The molecule has 1 aromatic heterocycles. The lowest BCUT2D eigenvalue weighted by molar-refractivity contribution is -0.148. The van der Waals surface area contributed by atoms with E-state index in [4.69, 9.17) is 4.74 Å². The van der Waals surface area contributed by atoms with Crippen molar-refractivity contribution < 1.29 is 19.4 Å². The lowest BCUT2D eigenvalue weighted by Crippen LogP contribution is -2.59. The number of nitrogens with one attached hydrogen (secondary N) is 2. The molecule has 2 heterocycles. The van der Waals surface area contributed by atoms with Crippen molar-refractivity contribution in [2.45, 2.75) is 31.8 Å². The van der Waals surface area contributed by atoms with Crippen molar-refractivity contribution in [1.29, 1.82) is 0 Å². The predicted octanol–water partition coefficient (Wildman–Crippen LogP) is 0.885. The van der Waals surface area contributed by atoms with E-state index in [1.54, 1.807) is 6.20 Å². The molecule has 0 aliphatic carbocycles. The van der Waals surface area contributed by atoms with E-state index in [2.05, 4.69) is 15.6 Å². The van der Waals surface area contributed by atoms with E-state index in [1.165, 1.54) is 11.3 Å². The van der Waals surface area contributed by atoms with Gasteiger partial charge in [-0.15, -0.1) is 11.3 Å². The van der Waals surface area contributed by atoms with Crippen molar-refractivity contribution >= 4 is 23.3 Å². The van der Waals surface area contributed by atoms with Gasteiger partial charge in [-0.3, -0.25) is 0 Å². The minimum Gasteiger partial charge on any atom is -0.480 e. The molecule has 0 bridgehead atoms. The number of aromatic nitrogens is 1. The number of aryl methyl sites for hydroxylation is 1. The SMILES string of the molecule is Cc1cnc(CNC(=O)NC2(C(=O)O)CCOCC2)s1. The molecule has 0 aromatic carbocycles. The van der Waals surface area contributed by atoms with Crippen LogP contribution in [0.4, 0.5) is 4.79 Å². The number of aliphatic carboxylic acids is 1. The van der Waals surface area contributed by atoms with Crippen molar-refractivity contribution in [2.75, 3.05) is 13.2 Å². The Bertz CT molecular complexity index is 497. The van der Waals surface area contributed by atoms with Gasteiger partial charge in [0.25, 0.3) is 0 Å². The van der Waals surface area contributed by atoms with Crippen molar-refractivity contribution in [3.8, 4) is 0 Å². The molecule has 0 radical (unpaired) electrons. The zero-order chi connectivity index (χ0) is 14.6. The summed E-state index contributed by atoms with van der Waals surface area (Å²) in [6.07, 6.45) is 2.27. The van der Waals surface area contributed by atoms with Crippen LogP contribution in [-0.2, 0) is 16.1 Å². The molecule has 2 amide bonds. The van der Waals surface area contributed by atoms with Gasteiger partial charge in [-0.25, -0.2) is 14.6 Å². The van der Waals surface area contributed by atoms with Crippen molar-refractivity contribution in [1.82, 2.24) is 15.6 Å². The van der Waals surface area contributed by atoms with Crippen molar-refractivity contribution in [3.63, 3.8) is 0 Å². The summed E-state index contributed by atoms with van der Waals surface area (Å²) >= 11 is 1.49. The highest BCUT2D eigenvalue weighted by Gasteiger charge is 2.41. The van der Waals surface area contributed by atoms with Crippen LogP contribution in [0.1, 0.15) is 22.7 Å². The van der Waals surface area contributed by atoms with Gasteiger partial charge in [-0.2, -0.15) is 0 Å². The fourth-order valence-corrected chi connectivity index (χ4v) is 2.74. The molecule has 7 nitrogen and oxygen atoms in total. The van der Waals surface area contributed by atoms with E-state index >= 15 is 0 Å². The molecule has 1 saturated heterocycles. The van der Waals surface area contributed by atoms with Crippen LogP contribution in [0, 0.1) is 6.92 Å². The molecule has 0 unspecified atom stereocenters. The third kappa shape index (κ3) is 3.45. The number of rotatable bonds is 4. The summed E-state index contributed by atoms with van der Waals surface area (Å²) in [7, 11) is 0. The Labute approximate surface area is 120 Å². The Morgan fingerprint density at radius 3 is 2.75 bits per heavy atom. The minimum atomic E-state index is -1.23. The second-order valence-electron chi connectivity index (χ2n) is 4.67. The highest BCUT2D eigenvalue weighted by atomic mass is 32.1. The summed E-state index contributed by atoms with van der Waals surface area (Å²) in [5.41, 5.74) is -1.23. The highest BCUT2D eigenvalue weighted by Crippen LogP contribution is 2.21. The van der Waals surface area contributed by atoms with Crippen LogP contribution in [0.2, 0.25) is 0 Å². The van der Waals surface area contributed by atoms with Gasteiger partial charge in [0.1, 0.15) is 10.5 Å². The van der Waals surface area contributed by atoms with Gasteiger partial charge in [-0.1, -0.05) is 0 Å². The van der Waals surface area contributed by atoms with E-state index in [-0.39, 0.29) is 19.4 Å². The summed E-state index contributed by atoms with van der Waals surface area (Å²) in [6, 6.07) is -0.498. The molecule has 0 spiro atoms. The number of carboxylic acids is 1. The number of hydrogen-bond acceptors (Lipinski definition) is 5. The van der Waals surface area contributed by atoms with Crippen LogP contribution < -0.4 is 10.6 Å². The van der Waals surface area contributed by atoms with E-state index < -0.39 is 17.5 Å². The van der Waals surface area contributed by atoms with Gasteiger partial charge in [0.15, 0.2) is 0 Å². The molecule has 20 heavy (non-hydrogen) atoms. The summed E-state index contributed by atoms with van der Waals surface area (Å²) in [5.74, 6) is -1.03. The van der Waals surface area contributed by atoms with Crippen LogP contribution >= 0.6 is 11.3 Å². The average molecular weight is 299 g/mol. The average Bonchev–Trinajstić information content (AvgIpc) is 2.83. The maximum Gasteiger partial charge on any atom is 0.329 e. The highest BCUT2D eigenvalue weighted by molar-refractivity contribution is 7.11. The molecule has 0 saturated carbocycles. The monoisotopic (exact) mass is 299 g/mol. The van der Waals surface area contributed by atoms with Crippen LogP contribution in [0.15, 0.2) is 6.20 Å². The van der Waals surface area contributed by atoms with E-state index in [0.717, 1.165) is 9.88 Å². The largest absolute Gasteiger partial charge is 0.480 e. The first-order valence-electron chi connectivity index (χ1n) is 6.30. The van der Waals surface area contributed by atoms with Gasteiger partial charge < -0.3 is 20.5 Å². The fraction of sp³-hybridized carbons (Fsp3) is 0.583. The smallest absolute Gasteiger partial charge is 0.329 e. The van der Waals surface area contributed by atoms with Gasteiger partial charge in [0, 0.05) is 37.1 Å². The van der Waals surface area contributed by atoms with Crippen LogP contribution in [0.5, 0.6) is 0 Å². The normalized spacial score (nSPS) is 17.4. The predicted molar refractivity (Wildman–Crippen MR) is 72.6 cm³/mol. The number of thiazole rings is 1. The van der Waals surface area contributed by atoms with Gasteiger partial charge >= 0.3 is 12.0 Å². The van der Waals surface area contributed by atoms with Gasteiger partial charge in [0.2, 0.25) is 0 Å². The topological polar surface area (TPSA) is 101 Å². The number of nitrogens with zero attached hydrogens (tertiary/aromatic N) is 1. The molecule has 1 aliphatic heterocycles. The maximum atomic E-state index is 11.9. The van der Waals surface area contributed by atoms with Crippen molar-refractivity contribution in [3.05, 3.63) is 16.1 Å². The number of carboxylic acid groups (broad SMARTS) is 1. The molecule has 110 valence electrons. The third-order valence-electron chi connectivity index (χ3n) is 3.18. The second-order valence-corrected chi connectivity index (χ2v) is 5.99. The Morgan fingerprint density at radius 2 is 2.20 bits per heavy atom. The first-order valence-corrected chi connectivity index (χ1v) is 7.12. The quantitative estimate of drug-likeness (QED) is 0.766. The zero-order valence-corrected chi connectivity index (χ0v) is 12.0. The molecule has 2 rings (SSSR count). The lowest BCUT2D eigenvalue weighted by Gasteiger charge is -2.33. The van der Waals surface area contributed by atoms with Gasteiger partial charge in [-0.05, 0) is 6.92 Å². The fourth-order valence-electron chi connectivity index (χ4n) is 2.01. The Kier molecular flexibility index (Phi) is 4.56. The summed E-state index contributed by atoms with van der Waals surface area (Å²) < 4.78 is 5.15. The zero-order valence-electron chi connectivity index (χ0n) is 11.1. The standard InChI is InChI=1S/C12H17N3O4S/c1-8-6-13-9(20-8)7-14-11(18)15-12(10(16)17)2-4-19-5-3-12/h6H,2-5,7H2,1H3,(H,16,17)(H2,14,15,18). The number of carbonyl (C=O) groups is 2. The van der Waals surface area contributed by atoms with Crippen LogP contribution in [0.25, 0.3) is 0 Å². The first-order chi connectivity index (χ1) is 9.52. The molecule has 1 aliphatic rings. The number of urea groups is 1. The van der Waals surface area contributed by atoms with Crippen LogP contribution in [0.3, 0.4) is 0 Å². The second kappa shape index (κ2) is 6.19. The number of amides is 2. The Balaban J connectivity index is 1.90. The molecular formula is C12H17N3O4S. The number of ether oxygens (including phenoxy) is 1.